The second-order valence-electron chi connectivity index (χ2n) is 3.34. The molecule has 0 amide bonds. The zero-order valence-electron chi connectivity index (χ0n) is 9.34. The molecule has 0 aliphatic carbocycles. The molecule has 1 aromatic carbocycles. The van der Waals surface area contributed by atoms with Crippen molar-refractivity contribution in [1.29, 1.82) is 0 Å². The van der Waals surface area contributed by atoms with Crippen LogP contribution >= 0.6 is 0 Å². The summed E-state index contributed by atoms with van der Waals surface area (Å²) in [4.78, 5) is 11.3. The molecular weight excluding hydrogens is 211 g/mol. The minimum absolute atomic E-state index is 0.0754. The third-order valence-corrected chi connectivity index (χ3v) is 2.11. The molecule has 88 valence electrons. The number of anilines is 2. The predicted molar refractivity (Wildman–Crippen MR) is 60.9 cm³/mol. The van der Waals surface area contributed by atoms with Crippen molar-refractivity contribution in [2.45, 2.75) is 13.3 Å². The number of nitrogens with two attached hydrogens (primary N) is 1. The van der Waals surface area contributed by atoms with E-state index in [9.17, 15) is 9.18 Å². The standard InChI is InChI=1S/C11H15FN2O2/c1-3-4-14-10-5-7(11(15)16-2)9(13)6-8(10)12/h5-6,14H,3-4,13H2,1-2H3. The monoisotopic (exact) mass is 226 g/mol. The molecule has 3 N–H and O–H groups in total. The van der Waals surface area contributed by atoms with Gasteiger partial charge in [0, 0.05) is 12.2 Å². The van der Waals surface area contributed by atoms with Gasteiger partial charge in [-0.3, -0.25) is 0 Å². The van der Waals surface area contributed by atoms with Crippen LogP contribution < -0.4 is 11.1 Å². The molecule has 4 nitrogen and oxygen atoms in total. The molecule has 0 atom stereocenters. The molecule has 1 rings (SSSR count). The van der Waals surface area contributed by atoms with E-state index in [1.807, 2.05) is 6.92 Å². The Balaban J connectivity index is 3.06. The van der Waals surface area contributed by atoms with Crippen LogP contribution in [-0.4, -0.2) is 19.6 Å². The molecule has 0 saturated heterocycles. The topological polar surface area (TPSA) is 64.3 Å². The fourth-order valence-corrected chi connectivity index (χ4v) is 1.27. The normalized spacial score (nSPS) is 9.94. The zero-order valence-corrected chi connectivity index (χ0v) is 9.34. The van der Waals surface area contributed by atoms with Gasteiger partial charge >= 0.3 is 5.97 Å². The van der Waals surface area contributed by atoms with Gasteiger partial charge in [-0.15, -0.1) is 0 Å². The first-order chi connectivity index (χ1) is 7.60. The lowest BCUT2D eigenvalue weighted by Gasteiger charge is -2.10. The van der Waals surface area contributed by atoms with Crippen LogP contribution in [-0.2, 0) is 4.74 Å². The highest BCUT2D eigenvalue weighted by atomic mass is 19.1. The quantitative estimate of drug-likeness (QED) is 0.609. The Morgan fingerprint density at radius 1 is 1.56 bits per heavy atom. The van der Waals surface area contributed by atoms with E-state index in [0.717, 1.165) is 12.5 Å². The van der Waals surface area contributed by atoms with E-state index in [1.165, 1.54) is 13.2 Å². The fraction of sp³-hybridized carbons (Fsp3) is 0.364. The average Bonchev–Trinajstić information content (AvgIpc) is 2.27. The Labute approximate surface area is 93.6 Å². The van der Waals surface area contributed by atoms with E-state index in [1.54, 1.807) is 0 Å². The van der Waals surface area contributed by atoms with E-state index in [-0.39, 0.29) is 16.9 Å². The van der Waals surface area contributed by atoms with Gasteiger partial charge in [-0.1, -0.05) is 6.92 Å². The summed E-state index contributed by atoms with van der Waals surface area (Å²) in [7, 11) is 1.25. The van der Waals surface area contributed by atoms with Gasteiger partial charge in [0.1, 0.15) is 5.82 Å². The number of methoxy groups -OCH3 is 1. The number of halogens is 1. The Hall–Kier alpha value is -1.78. The number of hydrogen-bond donors (Lipinski definition) is 2. The fourth-order valence-electron chi connectivity index (χ4n) is 1.27. The molecule has 0 fully saturated rings. The molecule has 0 aliphatic heterocycles. The molecule has 16 heavy (non-hydrogen) atoms. The van der Waals surface area contributed by atoms with Crippen molar-refractivity contribution >= 4 is 17.3 Å². The smallest absolute Gasteiger partial charge is 0.340 e. The van der Waals surface area contributed by atoms with Crippen LogP contribution in [0.3, 0.4) is 0 Å². The van der Waals surface area contributed by atoms with Crippen LogP contribution in [0.4, 0.5) is 15.8 Å². The highest BCUT2D eigenvalue weighted by Crippen LogP contribution is 2.22. The number of esters is 1. The largest absolute Gasteiger partial charge is 0.465 e. The third kappa shape index (κ3) is 2.62. The van der Waals surface area contributed by atoms with Gasteiger partial charge in [0.05, 0.1) is 18.4 Å². The van der Waals surface area contributed by atoms with Crippen LogP contribution in [0.2, 0.25) is 0 Å². The van der Waals surface area contributed by atoms with Crippen molar-refractivity contribution in [3.8, 4) is 0 Å². The van der Waals surface area contributed by atoms with E-state index < -0.39 is 11.8 Å². The molecule has 0 unspecified atom stereocenters. The molecule has 0 aliphatic rings. The number of nitrogens with one attached hydrogen (secondary N) is 1. The van der Waals surface area contributed by atoms with E-state index >= 15 is 0 Å². The van der Waals surface area contributed by atoms with Gasteiger partial charge < -0.3 is 15.8 Å². The first kappa shape index (κ1) is 12.3. The van der Waals surface area contributed by atoms with Gasteiger partial charge in [0.25, 0.3) is 0 Å². The summed E-state index contributed by atoms with van der Waals surface area (Å²) in [6.07, 6.45) is 0.859. The SMILES string of the molecule is CCCNc1cc(C(=O)OC)c(N)cc1F. The highest BCUT2D eigenvalue weighted by molar-refractivity contribution is 5.96. The van der Waals surface area contributed by atoms with Gasteiger partial charge in [0.2, 0.25) is 0 Å². The van der Waals surface area contributed by atoms with Crippen LogP contribution in [0.1, 0.15) is 23.7 Å². The highest BCUT2D eigenvalue weighted by Gasteiger charge is 2.14. The van der Waals surface area contributed by atoms with Gasteiger partial charge in [-0.2, -0.15) is 0 Å². The molecule has 0 bridgehead atoms. The Morgan fingerprint density at radius 2 is 2.25 bits per heavy atom. The summed E-state index contributed by atoms with van der Waals surface area (Å²) in [5, 5.41) is 2.87. The molecular formula is C11H15FN2O2. The maximum Gasteiger partial charge on any atom is 0.340 e. The van der Waals surface area contributed by atoms with Crippen LogP contribution in [0.5, 0.6) is 0 Å². The summed E-state index contributed by atoms with van der Waals surface area (Å²) in [5.41, 5.74) is 6.03. The molecule has 0 spiro atoms. The summed E-state index contributed by atoms with van der Waals surface area (Å²) in [6.45, 7) is 2.59. The van der Waals surface area contributed by atoms with Crippen molar-refractivity contribution < 1.29 is 13.9 Å². The number of benzene rings is 1. The third-order valence-electron chi connectivity index (χ3n) is 2.11. The van der Waals surface area contributed by atoms with Gasteiger partial charge in [-0.25, -0.2) is 9.18 Å². The summed E-state index contributed by atoms with van der Waals surface area (Å²) in [5.74, 6) is -1.05. The maximum atomic E-state index is 13.4. The maximum absolute atomic E-state index is 13.4. The first-order valence-electron chi connectivity index (χ1n) is 5.01. The van der Waals surface area contributed by atoms with Gasteiger partial charge in [0.15, 0.2) is 0 Å². The second kappa shape index (κ2) is 5.34. The second-order valence-corrected chi connectivity index (χ2v) is 3.34. The zero-order chi connectivity index (χ0) is 12.1. The number of carbonyl (C=O) groups is 1. The predicted octanol–water partition coefficient (Wildman–Crippen LogP) is 2.02. The number of rotatable bonds is 4. The average molecular weight is 226 g/mol. The molecule has 0 saturated carbocycles. The van der Waals surface area contributed by atoms with Crippen molar-refractivity contribution in [2.24, 2.45) is 0 Å². The van der Waals surface area contributed by atoms with Crippen LogP contribution in [0.15, 0.2) is 12.1 Å². The van der Waals surface area contributed by atoms with Gasteiger partial charge in [-0.05, 0) is 18.6 Å². The van der Waals surface area contributed by atoms with Crippen LogP contribution in [0.25, 0.3) is 0 Å². The summed E-state index contributed by atoms with van der Waals surface area (Å²) in [6, 6.07) is 2.48. The number of carbonyl (C=O) groups excluding carboxylic acids is 1. The Bertz CT molecular complexity index is 394. The van der Waals surface area contributed by atoms with Crippen molar-refractivity contribution in [3.63, 3.8) is 0 Å². The molecule has 0 radical (unpaired) electrons. The molecule has 1 aromatic rings. The van der Waals surface area contributed by atoms with Crippen LogP contribution in [0, 0.1) is 5.82 Å². The Morgan fingerprint density at radius 3 is 2.81 bits per heavy atom. The van der Waals surface area contributed by atoms with E-state index in [0.29, 0.717) is 6.54 Å². The van der Waals surface area contributed by atoms with E-state index in [4.69, 9.17) is 5.73 Å². The minimum atomic E-state index is -0.572. The number of ether oxygens (including phenoxy) is 1. The lowest BCUT2D eigenvalue weighted by atomic mass is 10.1. The molecule has 0 aromatic heterocycles. The summed E-state index contributed by atoms with van der Waals surface area (Å²) < 4.78 is 18.0. The number of nitrogen functional groups attached to an aromatic ring is 1. The molecule has 0 heterocycles. The van der Waals surface area contributed by atoms with Crippen molar-refractivity contribution in [2.75, 3.05) is 24.7 Å². The lowest BCUT2D eigenvalue weighted by molar-refractivity contribution is 0.0602. The Kier molecular flexibility index (Phi) is 4.10. The first-order valence-corrected chi connectivity index (χ1v) is 5.01. The van der Waals surface area contributed by atoms with Crippen molar-refractivity contribution in [3.05, 3.63) is 23.5 Å². The minimum Gasteiger partial charge on any atom is -0.465 e. The summed E-state index contributed by atoms with van der Waals surface area (Å²) >= 11 is 0. The lowest BCUT2D eigenvalue weighted by Crippen LogP contribution is -2.09. The van der Waals surface area contributed by atoms with E-state index in [2.05, 4.69) is 10.1 Å². The molecule has 5 heteroatoms. The number of hydrogen-bond acceptors (Lipinski definition) is 4. The van der Waals surface area contributed by atoms with Crippen molar-refractivity contribution in [1.82, 2.24) is 0 Å².